The Hall–Kier alpha value is -3.82. The zero-order chi connectivity index (χ0) is 21.6. The predicted molar refractivity (Wildman–Crippen MR) is 103 cm³/mol. The Morgan fingerprint density at radius 3 is 2.24 bits per heavy atom. The van der Waals surface area contributed by atoms with Gasteiger partial charge < -0.3 is 24.3 Å². The molecule has 0 bridgehead atoms. The van der Waals surface area contributed by atoms with Gasteiger partial charge in [0, 0.05) is 23.8 Å². The van der Waals surface area contributed by atoms with Gasteiger partial charge in [0.15, 0.2) is 17.2 Å². The molecule has 1 N–H and O–H groups in total. The van der Waals surface area contributed by atoms with Crippen molar-refractivity contribution < 1.29 is 33.5 Å². The van der Waals surface area contributed by atoms with Gasteiger partial charge in [-0.25, -0.2) is 4.79 Å². The van der Waals surface area contributed by atoms with E-state index in [0.29, 0.717) is 0 Å². The number of benzene rings is 2. The van der Waals surface area contributed by atoms with Gasteiger partial charge in [0.1, 0.15) is 0 Å². The highest BCUT2D eigenvalue weighted by Gasteiger charge is 2.22. The molecule has 2 aromatic rings. The van der Waals surface area contributed by atoms with Crippen molar-refractivity contribution in [3.8, 4) is 17.2 Å². The summed E-state index contributed by atoms with van der Waals surface area (Å²) in [5.41, 5.74) is -0.222. The van der Waals surface area contributed by atoms with Crippen molar-refractivity contribution in [2.45, 2.75) is 6.92 Å². The summed E-state index contributed by atoms with van der Waals surface area (Å²) >= 11 is 0. The molecule has 0 spiro atoms. The van der Waals surface area contributed by atoms with Gasteiger partial charge in [-0.15, -0.1) is 0 Å². The molecule has 1 amide bonds. The average Bonchev–Trinajstić information content (AvgIpc) is 2.72. The Labute approximate surface area is 166 Å². The quantitative estimate of drug-likeness (QED) is 0.404. The molecule has 0 atom stereocenters. The third kappa shape index (κ3) is 4.72. The number of nitrogens with zero attached hydrogens (tertiary/aromatic N) is 1. The fraction of sp³-hybridized carbons (Fsp3) is 0.263. The minimum Gasteiger partial charge on any atom is -0.493 e. The van der Waals surface area contributed by atoms with Crippen LogP contribution in [0.15, 0.2) is 30.3 Å². The van der Waals surface area contributed by atoms with Crippen molar-refractivity contribution in [1.29, 1.82) is 0 Å². The van der Waals surface area contributed by atoms with Gasteiger partial charge in [-0.3, -0.25) is 14.9 Å². The lowest BCUT2D eigenvalue weighted by atomic mass is 10.1. The molecule has 0 saturated heterocycles. The van der Waals surface area contributed by atoms with Crippen LogP contribution in [0.2, 0.25) is 0 Å². The lowest BCUT2D eigenvalue weighted by Crippen LogP contribution is -2.16. The van der Waals surface area contributed by atoms with E-state index < -0.39 is 16.8 Å². The summed E-state index contributed by atoms with van der Waals surface area (Å²) < 4.78 is 20.3. The molecule has 0 radical (unpaired) electrons. The molecule has 2 rings (SSSR count). The van der Waals surface area contributed by atoms with E-state index in [1.807, 2.05) is 0 Å². The first-order valence-corrected chi connectivity index (χ1v) is 8.43. The van der Waals surface area contributed by atoms with E-state index in [-0.39, 0.29) is 46.4 Å². The second kappa shape index (κ2) is 9.40. The highest BCUT2D eigenvalue weighted by Crippen LogP contribution is 2.34. The maximum Gasteiger partial charge on any atom is 0.340 e. The molecule has 0 fully saturated rings. The number of anilines is 1. The predicted octanol–water partition coefficient (Wildman–Crippen LogP) is 3.05. The number of amides is 1. The number of nitro benzene ring substituents is 1. The second-order valence-corrected chi connectivity index (χ2v) is 5.57. The summed E-state index contributed by atoms with van der Waals surface area (Å²) in [6.45, 7) is 1.93. The number of ether oxygens (including phenoxy) is 4. The third-order valence-electron chi connectivity index (χ3n) is 3.89. The van der Waals surface area contributed by atoms with E-state index in [9.17, 15) is 19.7 Å². The van der Waals surface area contributed by atoms with E-state index in [4.69, 9.17) is 18.9 Å². The van der Waals surface area contributed by atoms with E-state index in [1.54, 1.807) is 6.92 Å². The van der Waals surface area contributed by atoms with Crippen molar-refractivity contribution in [2.75, 3.05) is 33.3 Å². The highest BCUT2D eigenvalue weighted by atomic mass is 16.6. The Balaban J connectivity index is 2.45. The Morgan fingerprint density at radius 2 is 1.69 bits per heavy atom. The van der Waals surface area contributed by atoms with Gasteiger partial charge >= 0.3 is 11.7 Å². The van der Waals surface area contributed by atoms with E-state index in [0.717, 1.165) is 6.07 Å². The van der Waals surface area contributed by atoms with Crippen molar-refractivity contribution in [3.05, 3.63) is 51.6 Å². The molecule has 0 aliphatic heterocycles. The van der Waals surface area contributed by atoms with Gasteiger partial charge in [-0.2, -0.15) is 0 Å². The lowest BCUT2D eigenvalue weighted by Gasteiger charge is -2.15. The minimum atomic E-state index is -0.709. The number of esters is 1. The smallest absolute Gasteiger partial charge is 0.340 e. The summed E-state index contributed by atoms with van der Waals surface area (Å²) in [6, 6.07) is 6.57. The number of hydrogen-bond acceptors (Lipinski definition) is 8. The summed E-state index contributed by atoms with van der Waals surface area (Å²) in [7, 11) is 3.99. The standard InChI is InChI=1S/C19H20N2O8/c1-5-29-15-7-6-11(8-14(15)21(24)25)18(22)20-13-10-17(27-3)16(26-2)9-12(13)19(23)28-4/h6-10H,5H2,1-4H3,(H,20,22). The normalized spacial score (nSPS) is 10.1. The van der Waals surface area contributed by atoms with E-state index >= 15 is 0 Å². The van der Waals surface area contributed by atoms with Gasteiger partial charge in [-0.1, -0.05) is 0 Å². The molecule has 0 saturated carbocycles. The summed E-state index contributed by atoms with van der Waals surface area (Å²) in [5.74, 6) is -0.793. The Kier molecular flexibility index (Phi) is 6.96. The molecule has 0 aliphatic carbocycles. The number of nitrogens with one attached hydrogen (secondary N) is 1. The first-order chi connectivity index (χ1) is 13.9. The van der Waals surface area contributed by atoms with E-state index in [1.165, 1.54) is 45.6 Å². The van der Waals surface area contributed by atoms with E-state index in [2.05, 4.69) is 5.32 Å². The topological polar surface area (TPSA) is 126 Å². The van der Waals surface area contributed by atoms with Crippen molar-refractivity contribution in [3.63, 3.8) is 0 Å². The van der Waals surface area contributed by atoms with Crippen LogP contribution in [0.3, 0.4) is 0 Å². The number of nitro groups is 1. The molecule has 0 aromatic heterocycles. The Morgan fingerprint density at radius 1 is 1.03 bits per heavy atom. The molecule has 29 heavy (non-hydrogen) atoms. The Bertz CT molecular complexity index is 942. The molecule has 154 valence electrons. The maximum absolute atomic E-state index is 12.7. The van der Waals surface area contributed by atoms with Crippen LogP contribution < -0.4 is 19.5 Å². The monoisotopic (exact) mass is 404 g/mol. The minimum absolute atomic E-state index is 0.00533. The first-order valence-electron chi connectivity index (χ1n) is 8.43. The van der Waals surface area contributed by atoms with Gasteiger partial charge in [0.25, 0.3) is 5.91 Å². The molecule has 0 unspecified atom stereocenters. The zero-order valence-corrected chi connectivity index (χ0v) is 16.3. The van der Waals surface area contributed by atoms with Crippen LogP contribution in [-0.4, -0.2) is 44.7 Å². The first kappa shape index (κ1) is 21.5. The number of rotatable bonds is 8. The summed E-state index contributed by atoms with van der Waals surface area (Å²) in [4.78, 5) is 35.4. The molecule has 10 heteroatoms. The SMILES string of the molecule is CCOc1ccc(C(=O)Nc2cc(OC)c(OC)cc2C(=O)OC)cc1[N+](=O)[O-]. The van der Waals surface area contributed by atoms with Crippen LogP contribution in [0, 0.1) is 10.1 Å². The molecule has 2 aromatic carbocycles. The van der Waals surface area contributed by atoms with Crippen LogP contribution in [-0.2, 0) is 4.74 Å². The molecule has 10 nitrogen and oxygen atoms in total. The van der Waals surface area contributed by atoms with Crippen LogP contribution in [0.4, 0.5) is 11.4 Å². The lowest BCUT2D eigenvalue weighted by molar-refractivity contribution is -0.385. The molecular weight excluding hydrogens is 384 g/mol. The average molecular weight is 404 g/mol. The van der Waals surface area contributed by atoms with Gasteiger partial charge in [0.2, 0.25) is 0 Å². The van der Waals surface area contributed by atoms with Crippen LogP contribution >= 0.6 is 0 Å². The number of carbonyl (C=O) groups excluding carboxylic acids is 2. The molecule has 0 aliphatic rings. The maximum atomic E-state index is 12.7. The van der Waals surface area contributed by atoms with Crippen molar-refractivity contribution in [2.24, 2.45) is 0 Å². The fourth-order valence-electron chi connectivity index (χ4n) is 2.53. The third-order valence-corrected chi connectivity index (χ3v) is 3.89. The number of methoxy groups -OCH3 is 3. The number of hydrogen-bond donors (Lipinski definition) is 1. The van der Waals surface area contributed by atoms with Gasteiger partial charge in [0.05, 0.1) is 44.1 Å². The summed E-state index contributed by atoms with van der Waals surface area (Å²) in [5, 5.41) is 13.8. The zero-order valence-electron chi connectivity index (χ0n) is 16.3. The van der Waals surface area contributed by atoms with Crippen LogP contribution in [0.25, 0.3) is 0 Å². The highest BCUT2D eigenvalue weighted by molar-refractivity contribution is 6.08. The fourth-order valence-corrected chi connectivity index (χ4v) is 2.53. The van der Waals surface area contributed by atoms with Crippen molar-refractivity contribution in [1.82, 2.24) is 0 Å². The van der Waals surface area contributed by atoms with Crippen molar-refractivity contribution >= 4 is 23.3 Å². The molecular formula is C19H20N2O8. The van der Waals surface area contributed by atoms with Crippen LogP contribution in [0.1, 0.15) is 27.6 Å². The largest absolute Gasteiger partial charge is 0.493 e. The second-order valence-electron chi connectivity index (χ2n) is 5.57. The van der Waals surface area contributed by atoms with Crippen LogP contribution in [0.5, 0.6) is 17.2 Å². The van der Waals surface area contributed by atoms with Gasteiger partial charge in [-0.05, 0) is 19.1 Å². The number of carbonyl (C=O) groups is 2. The summed E-state index contributed by atoms with van der Waals surface area (Å²) in [6.07, 6.45) is 0. The molecule has 0 heterocycles.